The Labute approximate surface area is 143 Å². The quantitative estimate of drug-likeness (QED) is 0.790. The number of aryl methyl sites for hydroxylation is 1. The minimum atomic E-state index is -0.926. The van der Waals surface area contributed by atoms with Crippen LogP contribution in [0.3, 0.4) is 0 Å². The molecule has 0 bridgehead atoms. The molecule has 0 unspecified atom stereocenters. The van der Waals surface area contributed by atoms with Crippen LogP contribution in [-0.2, 0) is 14.4 Å². The Morgan fingerprint density at radius 1 is 1.04 bits per heavy atom. The molecule has 2 heterocycles. The number of amides is 2. The van der Waals surface area contributed by atoms with Gasteiger partial charge in [-0.1, -0.05) is 52.7 Å². The zero-order chi connectivity index (χ0) is 16.8. The van der Waals surface area contributed by atoms with E-state index in [0.29, 0.717) is 22.0 Å². The highest BCUT2D eigenvalue weighted by Crippen LogP contribution is 2.36. The first-order chi connectivity index (χ1) is 11.6. The molecule has 2 atom stereocenters. The third-order valence-electron chi connectivity index (χ3n) is 4.25. The van der Waals surface area contributed by atoms with Crippen LogP contribution in [0.4, 0.5) is 5.69 Å². The number of carbonyl (C=O) groups is 2. The summed E-state index contributed by atoms with van der Waals surface area (Å²) in [6.07, 6.45) is -0.926. The SMILES string of the molecule is Cc1ccc(N2C(=O)[C@@H]3C(c4ccccc4Cl)=NO[C@@H]3C2=O)cc1. The van der Waals surface area contributed by atoms with Gasteiger partial charge in [-0.2, -0.15) is 0 Å². The molecule has 6 heteroatoms. The highest BCUT2D eigenvalue weighted by molar-refractivity contribution is 6.38. The van der Waals surface area contributed by atoms with Gasteiger partial charge in [0, 0.05) is 10.6 Å². The largest absolute Gasteiger partial charge is 0.381 e. The molecule has 2 aromatic carbocycles. The molecule has 0 aliphatic carbocycles. The summed E-state index contributed by atoms with van der Waals surface area (Å²) < 4.78 is 0. The van der Waals surface area contributed by atoms with E-state index in [2.05, 4.69) is 5.16 Å². The second-order valence-corrected chi connectivity index (χ2v) is 6.21. The summed E-state index contributed by atoms with van der Waals surface area (Å²) in [4.78, 5) is 31.9. The summed E-state index contributed by atoms with van der Waals surface area (Å²) in [6.45, 7) is 1.94. The first kappa shape index (κ1) is 14.9. The average Bonchev–Trinajstić information content (AvgIpc) is 3.10. The van der Waals surface area contributed by atoms with E-state index in [1.54, 1.807) is 36.4 Å². The number of oxime groups is 1. The van der Waals surface area contributed by atoms with Crippen molar-refractivity contribution >= 4 is 34.8 Å². The van der Waals surface area contributed by atoms with Gasteiger partial charge in [0.15, 0.2) is 0 Å². The van der Waals surface area contributed by atoms with Gasteiger partial charge in [0.1, 0.15) is 11.6 Å². The lowest BCUT2D eigenvalue weighted by molar-refractivity contribution is -0.126. The van der Waals surface area contributed by atoms with E-state index in [4.69, 9.17) is 16.4 Å². The third kappa shape index (κ3) is 2.12. The third-order valence-corrected chi connectivity index (χ3v) is 4.58. The summed E-state index contributed by atoms with van der Waals surface area (Å²) >= 11 is 6.20. The summed E-state index contributed by atoms with van der Waals surface area (Å²) in [7, 11) is 0. The van der Waals surface area contributed by atoms with E-state index in [-0.39, 0.29) is 5.91 Å². The molecular formula is C18H13ClN2O3. The Kier molecular flexibility index (Phi) is 3.39. The van der Waals surface area contributed by atoms with Crippen LogP contribution in [0.25, 0.3) is 0 Å². The highest BCUT2D eigenvalue weighted by atomic mass is 35.5. The molecule has 4 rings (SSSR count). The minimum absolute atomic E-state index is 0.343. The molecule has 0 saturated carbocycles. The number of hydrogen-bond acceptors (Lipinski definition) is 4. The zero-order valence-electron chi connectivity index (χ0n) is 12.8. The number of anilines is 1. The topological polar surface area (TPSA) is 59.0 Å². The molecule has 2 aromatic rings. The lowest BCUT2D eigenvalue weighted by Crippen LogP contribution is -2.33. The molecule has 0 N–H and O–H groups in total. The highest BCUT2D eigenvalue weighted by Gasteiger charge is 2.56. The Hall–Kier alpha value is -2.66. The van der Waals surface area contributed by atoms with Gasteiger partial charge in [-0.15, -0.1) is 0 Å². The van der Waals surface area contributed by atoms with Crippen LogP contribution in [0.15, 0.2) is 53.7 Å². The van der Waals surface area contributed by atoms with E-state index in [0.717, 1.165) is 5.56 Å². The molecule has 1 fully saturated rings. The Morgan fingerprint density at radius 2 is 1.75 bits per heavy atom. The van der Waals surface area contributed by atoms with Gasteiger partial charge in [0.2, 0.25) is 12.0 Å². The number of nitrogens with zero attached hydrogens (tertiary/aromatic N) is 2. The molecule has 24 heavy (non-hydrogen) atoms. The fourth-order valence-electron chi connectivity index (χ4n) is 3.02. The van der Waals surface area contributed by atoms with Gasteiger partial charge in [0.05, 0.1) is 5.69 Å². The van der Waals surface area contributed by atoms with E-state index in [1.807, 2.05) is 19.1 Å². The second kappa shape index (κ2) is 5.46. The number of halogens is 1. The number of imide groups is 1. The summed E-state index contributed by atoms with van der Waals surface area (Å²) in [5.74, 6) is -1.51. The first-order valence-electron chi connectivity index (χ1n) is 7.51. The minimum Gasteiger partial charge on any atom is -0.381 e. The second-order valence-electron chi connectivity index (χ2n) is 5.81. The van der Waals surface area contributed by atoms with Gasteiger partial charge in [-0.3, -0.25) is 9.59 Å². The summed E-state index contributed by atoms with van der Waals surface area (Å²) in [5.41, 5.74) is 2.59. The van der Waals surface area contributed by atoms with Crippen LogP contribution in [0.5, 0.6) is 0 Å². The van der Waals surface area contributed by atoms with E-state index in [9.17, 15) is 9.59 Å². The van der Waals surface area contributed by atoms with Crippen molar-refractivity contribution in [2.75, 3.05) is 4.90 Å². The normalized spacial score (nSPS) is 22.4. The van der Waals surface area contributed by atoms with Crippen LogP contribution < -0.4 is 4.90 Å². The van der Waals surface area contributed by atoms with E-state index in [1.165, 1.54) is 4.90 Å². The molecule has 2 aliphatic rings. The van der Waals surface area contributed by atoms with Gasteiger partial charge < -0.3 is 4.84 Å². The van der Waals surface area contributed by atoms with Crippen molar-refractivity contribution in [3.8, 4) is 0 Å². The van der Waals surface area contributed by atoms with Crippen molar-refractivity contribution in [1.29, 1.82) is 0 Å². The predicted molar refractivity (Wildman–Crippen MR) is 90.0 cm³/mol. The number of benzene rings is 2. The fourth-order valence-corrected chi connectivity index (χ4v) is 3.25. The Morgan fingerprint density at radius 3 is 2.46 bits per heavy atom. The number of hydrogen-bond donors (Lipinski definition) is 0. The first-order valence-corrected chi connectivity index (χ1v) is 7.89. The monoisotopic (exact) mass is 340 g/mol. The van der Waals surface area contributed by atoms with Crippen molar-refractivity contribution in [3.05, 3.63) is 64.7 Å². The van der Waals surface area contributed by atoms with Crippen LogP contribution in [0.1, 0.15) is 11.1 Å². The van der Waals surface area contributed by atoms with Crippen molar-refractivity contribution in [2.24, 2.45) is 11.1 Å². The van der Waals surface area contributed by atoms with E-state index < -0.39 is 17.9 Å². The zero-order valence-corrected chi connectivity index (χ0v) is 13.5. The average molecular weight is 341 g/mol. The van der Waals surface area contributed by atoms with Crippen molar-refractivity contribution in [1.82, 2.24) is 0 Å². The van der Waals surface area contributed by atoms with Gasteiger partial charge in [-0.25, -0.2) is 4.90 Å². The smallest absolute Gasteiger partial charge is 0.278 e. The maximum absolute atomic E-state index is 12.9. The molecule has 0 spiro atoms. The maximum Gasteiger partial charge on any atom is 0.278 e. The fraction of sp³-hybridized carbons (Fsp3) is 0.167. The van der Waals surface area contributed by atoms with Crippen LogP contribution in [0.2, 0.25) is 5.02 Å². The van der Waals surface area contributed by atoms with E-state index >= 15 is 0 Å². The molecular weight excluding hydrogens is 328 g/mol. The summed E-state index contributed by atoms with van der Waals surface area (Å²) in [6, 6.07) is 14.3. The number of rotatable bonds is 2. The van der Waals surface area contributed by atoms with Gasteiger partial charge in [0.25, 0.3) is 5.91 Å². The molecule has 2 amide bonds. The van der Waals surface area contributed by atoms with Gasteiger partial charge in [-0.05, 0) is 25.1 Å². The summed E-state index contributed by atoms with van der Waals surface area (Å²) in [5, 5.41) is 4.43. The van der Waals surface area contributed by atoms with Crippen molar-refractivity contribution in [3.63, 3.8) is 0 Å². The van der Waals surface area contributed by atoms with Crippen LogP contribution >= 0.6 is 11.6 Å². The lowest BCUT2D eigenvalue weighted by Gasteiger charge is -2.15. The predicted octanol–water partition coefficient (Wildman–Crippen LogP) is 2.94. The Bertz CT molecular complexity index is 876. The standard InChI is InChI=1S/C18H13ClN2O3/c1-10-6-8-11(9-7-10)21-17(22)14-15(20-24-16(14)18(21)23)12-4-2-3-5-13(12)19/h2-9,14,16H,1H3/t14-,16+/m1/s1. The molecule has 1 saturated heterocycles. The molecule has 0 aromatic heterocycles. The molecule has 120 valence electrons. The Balaban J connectivity index is 1.73. The van der Waals surface area contributed by atoms with Crippen molar-refractivity contribution < 1.29 is 14.4 Å². The lowest BCUT2D eigenvalue weighted by atomic mass is 9.94. The number of fused-ring (bicyclic) bond motifs is 1. The molecule has 2 aliphatic heterocycles. The van der Waals surface area contributed by atoms with Gasteiger partial charge >= 0.3 is 0 Å². The number of carbonyl (C=O) groups excluding carboxylic acids is 2. The maximum atomic E-state index is 12.9. The molecule has 0 radical (unpaired) electrons. The van der Waals surface area contributed by atoms with Crippen LogP contribution in [0, 0.1) is 12.8 Å². The molecule has 5 nitrogen and oxygen atoms in total. The van der Waals surface area contributed by atoms with Crippen LogP contribution in [-0.4, -0.2) is 23.6 Å². The van der Waals surface area contributed by atoms with Crippen molar-refractivity contribution in [2.45, 2.75) is 13.0 Å².